The molecule has 0 N–H and O–H groups in total. The van der Waals surface area contributed by atoms with Gasteiger partial charge in [0.2, 0.25) is 0 Å². The summed E-state index contributed by atoms with van der Waals surface area (Å²) in [6, 6.07) is 12.3. The van der Waals surface area contributed by atoms with Crippen molar-refractivity contribution in [1.29, 1.82) is 0 Å². The summed E-state index contributed by atoms with van der Waals surface area (Å²) in [5, 5.41) is 0. The Labute approximate surface area is 136 Å². The van der Waals surface area contributed by atoms with E-state index in [9.17, 15) is 0 Å². The minimum atomic E-state index is 0.0947. The van der Waals surface area contributed by atoms with Crippen LogP contribution in [0, 0.1) is 6.92 Å². The van der Waals surface area contributed by atoms with E-state index in [-0.39, 0.29) is 4.83 Å². The molecule has 2 aromatic carbocycles. The number of methoxy groups -OCH3 is 2. The minimum Gasteiger partial charge on any atom is -0.493 e. The highest BCUT2D eigenvalue weighted by molar-refractivity contribution is 9.11. The topological polar surface area (TPSA) is 18.5 Å². The lowest BCUT2D eigenvalue weighted by Gasteiger charge is -2.15. The van der Waals surface area contributed by atoms with E-state index in [4.69, 9.17) is 9.47 Å². The molecule has 0 heterocycles. The standard InChI is InChI=1S/C16H16Br2O2/c1-10-4-6-12(13(17)8-10)16(18)11-5-7-14(19-2)15(9-11)20-3/h4-9,16H,1-3H3. The van der Waals surface area contributed by atoms with E-state index in [1.807, 2.05) is 18.2 Å². The van der Waals surface area contributed by atoms with Gasteiger partial charge in [0.05, 0.1) is 19.0 Å². The van der Waals surface area contributed by atoms with Crippen LogP contribution >= 0.6 is 31.9 Å². The Hall–Kier alpha value is -1.00. The zero-order valence-electron chi connectivity index (χ0n) is 11.6. The number of hydrogen-bond acceptors (Lipinski definition) is 2. The molecule has 0 aliphatic carbocycles. The van der Waals surface area contributed by atoms with Crippen LogP contribution in [0.2, 0.25) is 0 Å². The predicted octanol–water partition coefficient (Wildman–Crippen LogP) is 5.26. The molecule has 0 aromatic heterocycles. The van der Waals surface area contributed by atoms with Gasteiger partial charge in [-0.1, -0.05) is 50.1 Å². The molecule has 0 fully saturated rings. The molecule has 2 aromatic rings. The van der Waals surface area contributed by atoms with Crippen LogP contribution in [0.3, 0.4) is 0 Å². The molecule has 1 atom stereocenters. The normalized spacial score (nSPS) is 12.1. The van der Waals surface area contributed by atoms with Crippen LogP contribution in [0.4, 0.5) is 0 Å². The monoisotopic (exact) mass is 398 g/mol. The fourth-order valence-electron chi connectivity index (χ4n) is 2.03. The van der Waals surface area contributed by atoms with Crippen molar-refractivity contribution in [1.82, 2.24) is 0 Å². The molecule has 0 saturated carbocycles. The van der Waals surface area contributed by atoms with Crippen LogP contribution in [-0.2, 0) is 0 Å². The summed E-state index contributed by atoms with van der Waals surface area (Å²) < 4.78 is 11.7. The quantitative estimate of drug-likeness (QED) is 0.653. The lowest BCUT2D eigenvalue weighted by atomic mass is 10.0. The molecule has 2 nitrogen and oxygen atoms in total. The highest BCUT2D eigenvalue weighted by atomic mass is 79.9. The highest BCUT2D eigenvalue weighted by Gasteiger charge is 2.16. The van der Waals surface area contributed by atoms with E-state index in [1.165, 1.54) is 11.1 Å². The number of aryl methyl sites for hydroxylation is 1. The molecule has 4 heteroatoms. The third kappa shape index (κ3) is 3.18. The Bertz CT molecular complexity index is 611. The van der Waals surface area contributed by atoms with E-state index in [2.05, 4.69) is 57.0 Å². The molecule has 1 unspecified atom stereocenters. The van der Waals surface area contributed by atoms with E-state index < -0.39 is 0 Å². The molecule has 0 radical (unpaired) electrons. The molecule has 0 amide bonds. The first-order chi connectivity index (χ1) is 9.56. The van der Waals surface area contributed by atoms with Gasteiger partial charge in [-0.2, -0.15) is 0 Å². The summed E-state index contributed by atoms with van der Waals surface area (Å²) in [5.74, 6) is 1.47. The average Bonchev–Trinajstić information content (AvgIpc) is 2.45. The fourth-order valence-corrected chi connectivity index (χ4v) is 3.74. The molecule has 20 heavy (non-hydrogen) atoms. The number of ether oxygens (including phenoxy) is 2. The van der Waals surface area contributed by atoms with E-state index in [0.29, 0.717) is 0 Å². The molecule has 106 valence electrons. The summed E-state index contributed by atoms with van der Waals surface area (Å²) in [6.45, 7) is 2.08. The Morgan fingerprint density at radius 2 is 1.65 bits per heavy atom. The van der Waals surface area contributed by atoms with Crippen molar-refractivity contribution in [3.63, 3.8) is 0 Å². The van der Waals surface area contributed by atoms with Gasteiger partial charge in [-0.3, -0.25) is 0 Å². The number of rotatable bonds is 4. The van der Waals surface area contributed by atoms with Crippen LogP contribution in [-0.4, -0.2) is 14.2 Å². The smallest absolute Gasteiger partial charge is 0.161 e. The van der Waals surface area contributed by atoms with Gasteiger partial charge in [-0.15, -0.1) is 0 Å². The van der Waals surface area contributed by atoms with Gasteiger partial charge >= 0.3 is 0 Å². The maximum absolute atomic E-state index is 5.35. The van der Waals surface area contributed by atoms with Gasteiger partial charge in [0.25, 0.3) is 0 Å². The molecule has 0 aliphatic rings. The van der Waals surface area contributed by atoms with Gasteiger partial charge in [-0.25, -0.2) is 0 Å². The van der Waals surface area contributed by atoms with Crippen LogP contribution in [0.1, 0.15) is 21.5 Å². The predicted molar refractivity (Wildman–Crippen MR) is 89.2 cm³/mol. The number of hydrogen-bond donors (Lipinski definition) is 0. The maximum Gasteiger partial charge on any atom is 0.161 e. The molecule has 0 saturated heterocycles. The van der Waals surface area contributed by atoms with Crippen molar-refractivity contribution < 1.29 is 9.47 Å². The Morgan fingerprint density at radius 3 is 2.25 bits per heavy atom. The van der Waals surface area contributed by atoms with Crippen molar-refractivity contribution in [2.45, 2.75) is 11.8 Å². The SMILES string of the molecule is COc1ccc(C(Br)c2ccc(C)cc2Br)cc1OC. The second kappa shape index (κ2) is 6.64. The summed E-state index contributed by atoms with van der Waals surface area (Å²) in [6.07, 6.45) is 0. The van der Waals surface area contributed by atoms with Gasteiger partial charge < -0.3 is 9.47 Å². The average molecular weight is 400 g/mol. The lowest BCUT2D eigenvalue weighted by Crippen LogP contribution is -1.97. The summed E-state index contributed by atoms with van der Waals surface area (Å²) in [7, 11) is 3.28. The molecule has 0 aliphatic heterocycles. The van der Waals surface area contributed by atoms with Crippen LogP contribution < -0.4 is 9.47 Å². The first kappa shape index (κ1) is 15.4. The Morgan fingerprint density at radius 1 is 0.950 bits per heavy atom. The third-order valence-electron chi connectivity index (χ3n) is 3.13. The maximum atomic E-state index is 5.35. The van der Waals surface area contributed by atoms with Gasteiger partial charge in [-0.05, 0) is 41.8 Å². The zero-order valence-corrected chi connectivity index (χ0v) is 14.8. The highest BCUT2D eigenvalue weighted by Crippen LogP contribution is 2.39. The summed E-state index contributed by atoms with van der Waals surface area (Å²) in [5.41, 5.74) is 3.53. The van der Waals surface area contributed by atoms with E-state index in [0.717, 1.165) is 21.5 Å². The summed E-state index contributed by atoms with van der Waals surface area (Å²) >= 11 is 7.38. The van der Waals surface area contributed by atoms with Crippen molar-refractivity contribution in [3.8, 4) is 11.5 Å². The van der Waals surface area contributed by atoms with Crippen LogP contribution in [0.25, 0.3) is 0 Å². The van der Waals surface area contributed by atoms with E-state index >= 15 is 0 Å². The van der Waals surface area contributed by atoms with E-state index in [1.54, 1.807) is 14.2 Å². The number of halogens is 2. The van der Waals surface area contributed by atoms with Gasteiger partial charge in [0.15, 0.2) is 11.5 Å². The molecule has 0 bridgehead atoms. The fraction of sp³-hybridized carbons (Fsp3) is 0.250. The molecule has 0 spiro atoms. The largest absolute Gasteiger partial charge is 0.493 e. The Balaban J connectivity index is 2.40. The van der Waals surface area contributed by atoms with Crippen LogP contribution in [0.5, 0.6) is 11.5 Å². The molecular formula is C16H16Br2O2. The van der Waals surface area contributed by atoms with Crippen molar-refractivity contribution in [3.05, 3.63) is 57.6 Å². The van der Waals surface area contributed by atoms with Crippen LogP contribution in [0.15, 0.2) is 40.9 Å². The van der Waals surface area contributed by atoms with Crippen molar-refractivity contribution >= 4 is 31.9 Å². The third-order valence-corrected chi connectivity index (χ3v) is 4.84. The second-order valence-electron chi connectivity index (χ2n) is 4.50. The molecular weight excluding hydrogens is 384 g/mol. The van der Waals surface area contributed by atoms with Crippen molar-refractivity contribution in [2.24, 2.45) is 0 Å². The summed E-state index contributed by atoms with van der Waals surface area (Å²) in [4.78, 5) is 0.0947. The first-order valence-corrected chi connectivity index (χ1v) is 7.89. The second-order valence-corrected chi connectivity index (χ2v) is 6.27. The van der Waals surface area contributed by atoms with Gasteiger partial charge in [0, 0.05) is 4.47 Å². The Kier molecular flexibility index (Phi) is 5.11. The number of alkyl halides is 1. The lowest BCUT2D eigenvalue weighted by molar-refractivity contribution is 0.354. The zero-order chi connectivity index (χ0) is 14.7. The molecule has 2 rings (SSSR count). The minimum absolute atomic E-state index is 0.0947. The van der Waals surface area contributed by atoms with Crippen molar-refractivity contribution in [2.75, 3.05) is 14.2 Å². The van der Waals surface area contributed by atoms with Gasteiger partial charge in [0.1, 0.15) is 0 Å². The first-order valence-electron chi connectivity index (χ1n) is 6.19. The number of benzene rings is 2.